The Morgan fingerprint density at radius 1 is 1.19 bits per heavy atom. The molecule has 3 rings (SSSR count). The molecule has 2 heterocycles. The van der Waals surface area contributed by atoms with Crippen molar-refractivity contribution in [3.63, 3.8) is 0 Å². The number of hydrogen-bond acceptors (Lipinski definition) is 4. The maximum Gasteiger partial charge on any atom is 0.261 e. The van der Waals surface area contributed by atoms with Crippen LogP contribution in [0.5, 0.6) is 5.75 Å². The summed E-state index contributed by atoms with van der Waals surface area (Å²) >= 11 is 5.89. The highest BCUT2D eigenvalue weighted by Gasteiger charge is 2.25. The van der Waals surface area contributed by atoms with E-state index in [4.69, 9.17) is 16.3 Å². The SMILES string of the molecule is Cl.O=C(COc1ccc(Cl)cc1)N(Cc1ccccn1)C1CCCNCC1. The summed E-state index contributed by atoms with van der Waals surface area (Å²) in [6, 6.07) is 13.0. The molecule has 1 N–H and O–H groups in total. The van der Waals surface area contributed by atoms with Crippen molar-refractivity contribution >= 4 is 29.9 Å². The van der Waals surface area contributed by atoms with Crippen LogP contribution in [0.2, 0.25) is 5.02 Å². The van der Waals surface area contributed by atoms with E-state index in [0.717, 1.165) is 38.0 Å². The number of benzene rings is 1. The molecule has 1 atom stereocenters. The highest BCUT2D eigenvalue weighted by Crippen LogP contribution is 2.19. The Bertz CT molecular complexity index is 690. The number of nitrogens with one attached hydrogen (secondary N) is 1. The van der Waals surface area contributed by atoms with Gasteiger partial charge in [0.15, 0.2) is 6.61 Å². The van der Waals surface area contributed by atoms with Crippen LogP contribution in [0, 0.1) is 0 Å². The molecule has 0 spiro atoms. The molecule has 0 saturated carbocycles. The Morgan fingerprint density at radius 3 is 2.74 bits per heavy atom. The Kier molecular flexibility index (Phi) is 8.85. The zero-order valence-electron chi connectivity index (χ0n) is 15.1. The minimum atomic E-state index is -0.0162. The quantitative estimate of drug-likeness (QED) is 0.789. The van der Waals surface area contributed by atoms with E-state index in [-0.39, 0.29) is 31.0 Å². The summed E-state index contributed by atoms with van der Waals surface area (Å²) < 4.78 is 5.68. The molecule has 27 heavy (non-hydrogen) atoms. The Labute approximate surface area is 171 Å². The van der Waals surface area contributed by atoms with Gasteiger partial charge in [0.25, 0.3) is 5.91 Å². The van der Waals surface area contributed by atoms with Crippen LogP contribution in [0.3, 0.4) is 0 Å². The summed E-state index contributed by atoms with van der Waals surface area (Å²) in [5, 5.41) is 4.05. The smallest absolute Gasteiger partial charge is 0.261 e. The molecule has 0 bridgehead atoms. The lowest BCUT2D eigenvalue weighted by molar-refractivity contribution is -0.136. The predicted octanol–water partition coefficient (Wildman–Crippen LogP) is 3.71. The van der Waals surface area contributed by atoms with Crippen LogP contribution in [0.15, 0.2) is 48.7 Å². The van der Waals surface area contributed by atoms with Crippen molar-refractivity contribution in [2.75, 3.05) is 19.7 Å². The van der Waals surface area contributed by atoms with Crippen molar-refractivity contribution in [3.05, 3.63) is 59.4 Å². The van der Waals surface area contributed by atoms with Gasteiger partial charge in [-0.3, -0.25) is 9.78 Å². The predicted molar refractivity (Wildman–Crippen MR) is 109 cm³/mol. The van der Waals surface area contributed by atoms with Gasteiger partial charge in [0.1, 0.15) is 5.75 Å². The maximum atomic E-state index is 12.9. The summed E-state index contributed by atoms with van der Waals surface area (Å²) in [4.78, 5) is 19.2. The van der Waals surface area contributed by atoms with E-state index in [1.54, 1.807) is 30.5 Å². The number of rotatable bonds is 6. The second-order valence-corrected chi connectivity index (χ2v) is 6.86. The summed E-state index contributed by atoms with van der Waals surface area (Å²) in [6.07, 6.45) is 4.76. The van der Waals surface area contributed by atoms with Gasteiger partial charge < -0.3 is 15.0 Å². The number of pyridine rings is 1. The molecular weight excluding hydrogens is 385 g/mol. The van der Waals surface area contributed by atoms with Gasteiger partial charge in [0.05, 0.1) is 12.2 Å². The number of aromatic nitrogens is 1. The number of halogens is 2. The normalized spacial score (nSPS) is 16.7. The number of carbonyl (C=O) groups excluding carboxylic acids is 1. The number of carbonyl (C=O) groups is 1. The number of ether oxygens (including phenoxy) is 1. The van der Waals surface area contributed by atoms with Gasteiger partial charge in [0, 0.05) is 17.3 Å². The molecular formula is C20H25Cl2N3O2. The zero-order valence-corrected chi connectivity index (χ0v) is 16.7. The van der Waals surface area contributed by atoms with Gasteiger partial charge >= 0.3 is 0 Å². The molecule has 0 aliphatic carbocycles. The first-order valence-corrected chi connectivity index (χ1v) is 9.38. The molecule has 1 aliphatic heterocycles. The Balaban J connectivity index is 0.00000261. The van der Waals surface area contributed by atoms with Gasteiger partial charge in [-0.1, -0.05) is 17.7 Å². The molecule has 0 radical (unpaired) electrons. The van der Waals surface area contributed by atoms with E-state index in [1.165, 1.54) is 0 Å². The third-order valence-electron chi connectivity index (χ3n) is 4.54. The van der Waals surface area contributed by atoms with E-state index in [0.29, 0.717) is 17.3 Å². The number of hydrogen-bond donors (Lipinski definition) is 1. The van der Waals surface area contributed by atoms with E-state index in [9.17, 15) is 4.79 Å². The summed E-state index contributed by atoms with van der Waals surface area (Å²) in [5.74, 6) is 0.626. The third kappa shape index (κ3) is 6.69. The highest BCUT2D eigenvalue weighted by atomic mass is 35.5. The monoisotopic (exact) mass is 409 g/mol. The fourth-order valence-electron chi connectivity index (χ4n) is 3.16. The standard InChI is InChI=1S/C20H24ClN3O2.ClH/c21-16-6-8-19(9-7-16)26-15-20(25)24(14-17-4-1-2-12-23-17)18-5-3-11-22-13-10-18;/h1-2,4,6-9,12,18,22H,3,5,10-11,13-15H2;1H. The number of nitrogens with zero attached hydrogens (tertiary/aromatic N) is 2. The van der Waals surface area contributed by atoms with Crippen molar-refractivity contribution < 1.29 is 9.53 Å². The third-order valence-corrected chi connectivity index (χ3v) is 4.79. The first-order chi connectivity index (χ1) is 12.7. The summed E-state index contributed by atoms with van der Waals surface area (Å²) in [7, 11) is 0. The average molecular weight is 410 g/mol. The van der Waals surface area contributed by atoms with Crippen molar-refractivity contribution in [2.45, 2.75) is 31.8 Å². The van der Waals surface area contributed by atoms with Crippen LogP contribution in [0.1, 0.15) is 25.0 Å². The first-order valence-electron chi connectivity index (χ1n) is 9.01. The lowest BCUT2D eigenvalue weighted by Crippen LogP contribution is -2.43. The van der Waals surface area contributed by atoms with Crippen LogP contribution in [-0.4, -0.2) is 41.5 Å². The van der Waals surface area contributed by atoms with Crippen LogP contribution in [0.4, 0.5) is 0 Å². The van der Waals surface area contributed by atoms with Gasteiger partial charge in [-0.15, -0.1) is 12.4 Å². The fraction of sp³-hybridized carbons (Fsp3) is 0.400. The molecule has 146 valence electrons. The molecule has 5 nitrogen and oxygen atoms in total. The van der Waals surface area contributed by atoms with Gasteiger partial charge in [-0.05, 0) is 68.8 Å². The van der Waals surface area contributed by atoms with Crippen molar-refractivity contribution in [1.82, 2.24) is 15.2 Å². The van der Waals surface area contributed by atoms with Crippen molar-refractivity contribution in [3.8, 4) is 5.75 Å². The molecule has 1 saturated heterocycles. The van der Waals surface area contributed by atoms with Crippen LogP contribution >= 0.6 is 24.0 Å². The van der Waals surface area contributed by atoms with E-state index in [2.05, 4.69) is 10.3 Å². The van der Waals surface area contributed by atoms with E-state index in [1.807, 2.05) is 23.1 Å². The molecule has 7 heteroatoms. The lowest BCUT2D eigenvalue weighted by atomic mass is 10.1. The van der Waals surface area contributed by atoms with Crippen LogP contribution in [0.25, 0.3) is 0 Å². The lowest BCUT2D eigenvalue weighted by Gasteiger charge is -2.31. The second kappa shape index (κ2) is 11.1. The van der Waals surface area contributed by atoms with Gasteiger partial charge in [-0.2, -0.15) is 0 Å². The van der Waals surface area contributed by atoms with Gasteiger partial charge in [-0.25, -0.2) is 0 Å². The highest BCUT2D eigenvalue weighted by molar-refractivity contribution is 6.30. The number of amides is 1. The van der Waals surface area contributed by atoms with Gasteiger partial charge in [0.2, 0.25) is 0 Å². The minimum Gasteiger partial charge on any atom is -0.484 e. The molecule has 1 aromatic heterocycles. The topological polar surface area (TPSA) is 54.5 Å². The minimum absolute atomic E-state index is 0. The molecule has 1 aromatic carbocycles. The van der Waals surface area contributed by atoms with Crippen LogP contribution < -0.4 is 10.1 Å². The molecule has 1 unspecified atom stereocenters. The van der Waals surface area contributed by atoms with Crippen LogP contribution in [-0.2, 0) is 11.3 Å². The van der Waals surface area contributed by atoms with Crippen molar-refractivity contribution in [1.29, 1.82) is 0 Å². The molecule has 1 fully saturated rings. The largest absolute Gasteiger partial charge is 0.484 e. The maximum absolute atomic E-state index is 12.9. The summed E-state index contributed by atoms with van der Waals surface area (Å²) in [5.41, 5.74) is 0.893. The molecule has 2 aromatic rings. The Hall–Kier alpha value is -1.82. The van der Waals surface area contributed by atoms with Crippen molar-refractivity contribution in [2.24, 2.45) is 0 Å². The Morgan fingerprint density at radius 2 is 2.00 bits per heavy atom. The van der Waals surface area contributed by atoms with E-state index < -0.39 is 0 Å². The molecule has 1 aliphatic rings. The molecule has 1 amide bonds. The zero-order chi connectivity index (χ0) is 18.2. The second-order valence-electron chi connectivity index (χ2n) is 6.42. The summed E-state index contributed by atoms with van der Waals surface area (Å²) in [6.45, 7) is 2.45. The average Bonchev–Trinajstić information content (AvgIpc) is 2.95. The van der Waals surface area contributed by atoms with E-state index >= 15 is 0 Å². The first kappa shape index (κ1) is 21.5. The fourth-order valence-corrected chi connectivity index (χ4v) is 3.28.